The third-order valence-corrected chi connectivity index (χ3v) is 2.86. The van der Waals surface area contributed by atoms with Gasteiger partial charge in [0.2, 0.25) is 0 Å². The van der Waals surface area contributed by atoms with Crippen molar-refractivity contribution in [2.24, 2.45) is 0 Å². The summed E-state index contributed by atoms with van der Waals surface area (Å²) in [6.07, 6.45) is -0.192. The Morgan fingerprint density at radius 2 is 1.94 bits per heavy atom. The molecule has 1 heterocycles. The van der Waals surface area contributed by atoms with Gasteiger partial charge in [-0.2, -0.15) is 0 Å². The lowest BCUT2D eigenvalue weighted by Crippen LogP contribution is -1.99. The SMILES string of the molecule is O=C(O)Cc1nc(-c2cc(F)cc(F)c2)cs1. The van der Waals surface area contributed by atoms with Crippen molar-refractivity contribution < 1.29 is 18.7 Å². The van der Waals surface area contributed by atoms with Crippen molar-refractivity contribution in [2.45, 2.75) is 6.42 Å². The molecule has 1 N–H and O–H groups in total. The van der Waals surface area contributed by atoms with Gasteiger partial charge >= 0.3 is 5.97 Å². The monoisotopic (exact) mass is 255 g/mol. The number of halogens is 2. The molecule has 0 aliphatic rings. The Kier molecular flexibility index (Phi) is 3.14. The quantitative estimate of drug-likeness (QED) is 0.917. The maximum atomic E-state index is 13.0. The first-order valence-electron chi connectivity index (χ1n) is 4.67. The largest absolute Gasteiger partial charge is 0.481 e. The van der Waals surface area contributed by atoms with E-state index in [4.69, 9.17) is 5.11 Å². The average molecular weight is 255 g/mol. The number of nitrogens with zero attached hydrogens (tertiary/aromatic N) is 1. The molecular weight excluding hydrogens is 248 g/mol. The van der Waals surface area contributed by atoms with E-state index < -0.39 is 17.6 Å². The van der Waals surface area contributed by atoms with Gasteiger partial charge in [-0.15, -0.1) is 11.3 Å². The van der Waals surface area contributed by atoms with Crippen LogP contribution in [0.3, 0.4) is 0 Å². The third kappa shape index (κ3) is 2.85. The molecule has 0 fully saturated rings. The Morgan fingerprint density at radius 3 is 2.53 bits per heavy atom. The number of rotatable bonds is 3. The zero-order valence-electron chi connectivity index (χ0n) is 8.48. The first-order chi connectivity index (χ1) is 8.04. The summed E-state index contributed by atoms with van der Waals surface area (Å²) in [6.45, 7) is 0. The number of carboxylic acid groups (broad SMARTS) is 1. The lowest BCUT2D eigenvalue weighted by molar-refractivity contribution is -0.136. The molecule has 0 saturated heterocycles. The molecule has 0 bridgehead atoms. The maximum absolute atomic E-state index is 13.0. The van der Waals surface area contributed by atoms with E-state index >= 15 is 0 Å². The molecule has 0 amide bonds. The molecule has 0 atom stereocenters. The minimum absolute atomic E-state index is 0.192. The Bertz CT molecular complexity index is 548. The van der Waals surface area contributed by atoms with E-state index in [0.29, 0.717) is 16.3 Å². The summed E-state index contributed by atoms with van der Waals surface area (Å²) in [7, 11) is 0. The van der Waals surface area contributed by atoms with Gasteiger partial charge in [-0.25, -0.2) is 13.8 Å². The highest BCUT2D eigenvalue weighted by molar-refractivity contribution is 7.10. The average Bonchev–Trinajstić information content (AvgIpc) is 2.63. The number of carbonyl (C=O) groups is 1. The standard InChI is InChI=1S/C11H7F2NO2S/c12-7-1-6(2-8(13)3-7)9-5-17-10(14-9)4-11(15)16/h1-3,5H,4H2,(H,15,16). The van der Waals surface area contributed by atoms with Crippen molar-refractivity contribution in [2.75, 3.05) is 0 Å². The molecule has 0 saturated carbocycles. The van der Waals surface area contributed by atoms with E-state index in [1.165, 1.54) is 0 Å². The summed E-state index contributed by atoms with van der Waals surface area (Å²) in [5, 5.41) is 10.6. The molecule has 0 radical (unpaired) electrons. The highest BCUT2D eigenvalue weighted by atomic mass is 32.1. The Balaban J connectivity index is 2.33. The minimum atomic E-state index is -0.990. The number of hydrogen-bond donors (Lipinski definition) is 1. The Labute approximate surface area is 99.4 Å². The molecule has 2 aromatic rings. The van der Waals surface area contributed by atoms with Crippen molar-refractivity contribution in [1.82, 2.24) is 4.98 Å². The fraction of sp³-hybridized carbons (Fsp3) is 0.0909. The van der Waals surface area contributed by atoms with Crippen molar-refractivity contribution >= 4 is 17.3 Å². The number of aromatic nitrogens is 1. The van der Waals surface area contributed by atoms with E-state index in [9.17, 15) is 13.6 Å². The second-order valence-electron chi connectivity index (χ2n) is 3.36. The summed E-state index contributed by atoms with van der Waals surface area (Å²) < 4.78 is 25.9. The summed E-state index contributed by atoms with van der Waals surface area (Å²) in [5.74, 6) is -2.36. The van der Waals surface area contributed by atoms with Crippen LogP contribution >= 0.6 is 11.3 Å². The van der Waals surface area contributed by atoms with Gasteiger partial charge in [0.1, 0.15) is 16.6 Å². The van der Waals surface area contributed by atoms with Crippen LogP contribution in [0.2, 0.25) is 0 Å². The first kappa shape index (κ1) is 11.7. The Hall–Kier alpha value is -1.82. The molecule has 1 aromatic heterocycles. The molecular formula is C11H7F2NO2S. The summed E-state index contributed by atoms with van der Waals surface area (Å²) in [6, 6.07) is 3.08. The molecule has 6 heteroatoms. The van der Waals surface area contributed by atoms with E-state index in [0.717, 1.165) is 29.5 Å². The normalized spacial score (nSPS) is 10.5. The predicted molar refractivity (Wildman–Crippen MR) is 58.8 cm³/mol. The number of hydrogen-bond acceptors (Lipinski definition) is 3. The molecule has 0 aliphatic heterocycles. The summed E-state index contributed by atoms with van der Waals surface area (Å²) in [5.41, 5.74) is 0.681. The number of benzene rings is 1. The smallest absolute Gasteiger partial charge is 0.310 e. The highest BCUT2D eigenvalue weighted by Crippen LogP contribution is 2.23. The van der Waals surface area contributed by atoms with Gasteiger partial charge in [-0.3, -0.25) is 4.79 Å². The number of thiazole rings is 1. The molecule has 0 unspecified atom stereocenters. The highest BCUT2D eigenvalue weighted by Gasteiger charge is 2.09. The maximum Gasteiger partial charge on any atom is 0.310 e. The lowest BCUT2D eigenvalue weighted by Gasteiger charge is -1.97. The zero-order chi connectivity index (χ0) is 12.4. The van der Waals surface area contributed by atoms with E-state index in [1.54, 1.807) is 5.38 Å². The van der Waals surface area contributed by atoms with Crippen LogP contribution in [0.5, 0.6) is 0 Å². The lowest BCUT2D eigenvalue weighted by atomic mass is 10.1. The minimum Gasteiger partial charge on any atom is -0.481 e. The molecule has 2 rings (SSSR count). The van der Waals surface area contributed by atoms with Gasteiger partial charge in [-0.1, -0.05) is 0 Å². The van der Waals surface area contributed by atoms with Crippen molar-refractivity contribution in [3.05, 3.63) is 40.2 Å². The van der Waals surface area contributed by atoms with Crippen LogP contribution in [0.15, 0.2) is 23.6 Å². The molecule has 17 heavy (non-hydrogen) atoms. The van der Waals surface area contributed by atoms with Crippen molar-refractivity contribution in [1.29, 1.82) is 0 Å². The van der Waals surface area contributed by atoms with Crippen LogP contribution in [-0.2, 0) is 11.2 Å². The first-order valence-corrected chi connectivity index (χ1v) is 5.55. The summed E-state index contributed by atoms with van der Waals surface area (Å²) >= 11 is 1.15. The fourth-order valence-electron chi connectivity index (χ4n) is 1.36. The van der Waals surface area contributed by atoms with Crippen LogP contribution in [0, 0.1) is 11.6 Å². The summed E-state index contributed by atoms with van der Waals surface area (Å²) in [4.78, 5) is 14.5. The second-order valence-corrected chi connectivity index (χ2v) is 4.30. The van der Waals surface area contributed by atoms with E-state index in [-0.39, 0.29) is 6.42 Å². The molecule has 88 valence electrons. The fourth-order valence-corrected chi connectivity index (χ4v) is 2.15. The molecule has 3 nitrogen and oxygen atoms in total. The van der Waals surface area contributed by atoms with Gasteiger partial charge < -0.3 is 5.11 Å². The van der Waals surface area contributed by atoms with Crippen molar-refractivity contribution in [3.8, 4) is 11.3 Å². The number of carboxylic acids is 1. The van der Waals surface area contributed by atoms with Gasteiger partial charge in [0.15, 0.2) is 0 Å². The van der Waals surface area contributed by atoms with Crippen LogP contribution in [-0.4, -0.2) is 16.1 Å². The zero-order valence-corrected chi connectivity index (χ0v) is 9.30. The van der Waals surface area contributed by atoms with E-state index in [2.05, 4.69) is 4.98 Å². The molecule has 0 aliphatic carbocycles. The van der Waals surface area contributed by atoms with Crippen LogP contribution in [0.4, 0.5) is 8.78 Å². The number of aliphatic carboxylic acids is 1. The topological polar surface area (TPSA) is 50.2 Å². The predicted octanol–water partition coefficient (Wildman–Crippen LogP) is 2.72. The van der Waals surface area contributed by atoms with Gasteiger partial charge in [0.25, 0.3) is 0 Å². The molecule has 1 aromatic carbocycles. The third-order valence-electron chi connectivity index (χ3n) is 2.01. The van der Waals surface area contributed by atoms with Gasteiger partial charge in [0.05, 0.1) is 12.1 Å². The molecule has 0 spiro atoms. The Morgan fingerprint density at radius 1 is 1.29 bits per heavy atom. The van der Waals surface area contributed by atoms with Crippen LogP contribution in [0.25, 0.3) is 11.3 Å². The van der Waals surface area contributed by atoms with Gasteiger partial charge in [-0.05, 0) is 12.1 Å². The van der Waals surface area contributed by atoms with E-state index in [1.807, 2.05) is 0 Å². The van der Waals surface area contributed by atoms with Crippen molar-refractivity contribution in [3.63, 3.8) is 0 Å². The van der Waals surface area contributed by atoms with Gasteiger partial charge in [0, 0.05) is 17.0 Å². The van der Waals surface area contributed by atoms with Crippen LogP contribution < -0.4 is 0 Å². The van der Waals surface area contributed by atoms with Crippen LogP contribution in [0.1, 0.15) is 5.01 Å². The second kappa shape index (κ2) is 4.58.